The Kier molecular flexibility index (Phi) is 1.93. The van der Waals surface area contributed by atoms with Gasteiger partial charge in [-0.3, -0.25) is 0 Å². The number of nitrogens with zero attached hydrogens (tertiary/aromatic N) is 3. The highest BCUT2D eigenvalue weighted by Crippen LogP contribution is 2.16. The van der Waals surface area contributed by atoms with Crippen molar-refractivity contribution < 1.29 is 0 Å². The molecular weight excluding hydrogens is 162 g/mol. The van der Waals surface area contributed by atoms with Crippen LogP contribution in [0.2, 0.25) is 0 Å². The van der Waals surface area contributed by atoms with Gasteiger partial charge in [0.05, 0.1) is 6.20 Å². The summed E-state index contributed by atoms with van der Waals surface area (Å²) in [5.41, 5.74) is 1.95. The van der Waals surface area contributed by atoms with E-state index in [4.69, 9.17) is 0 Å². The molecule has 2 heterocycles. The van der Waals surface area contributed by atoms with Gasteiger partial charge in [-0.25, -0.2) is 4.98 Å². The van der Waals surface area contributed by atoms with Crippen molar-refractivity contribution in [2.75, 3.05) is 0 Å². The van der Waals surface area contributed by atoms with E-state index in [2.05, 4.69) is 35.1 Å². The fourth-order valence-corrected chi connectivity index (χ4v) is 1.22. The van der Waals surface area contributed by atoms with E-state index in [1.165, 1.54) is 5.56 Å². The molecule has 66 valence electrons. The molecule has 0 saturated carbocycles. The van der Waals surface area contributed by atoms with Crippen LogP contribution in [0.1, 0.15) is 25.3 Å². The second kappa shape index (κ2) is 3.09. The van der Waals surface area contributed by atoms with Crippen LogP contribution in [-0.4, -0.2) is 15.2 Å². The number of pyridine rings is 1. The van der Waals surface area contributed by atoms with Gasteiger partial charge in [-0.2, -0.15) is 5.10 Å². The van der Waals surface area contributed by atoms with Crippen LogP contribution >= 0.6 is 0 Å². The lowest BCUT2D eigenvalue weighted by molar-refractivity contribution is 0.860. The fraction of sp³-hybridized carbons (Fsp3) is 0.300. The highest BCUT2D eigenvalue weighted by atomic mass is 15.1. The molecule has 2 aromatic rings. The lowest BCUT2D eigenvalue weighted by Crippen LogP contribution is -1.91. The third-order valence-electron chi connectivity index (χ3n) is 2.06. The monoisotopic (exact) mass is 173 g/mol. The van der Waals surface area contributed by atoms with Crippen molar-refractivity contribution >= 4 is 11.0 Å². The largest absolute Gasteiger partial charge is 0.235 e. The van der Waals surface area contributed by atoms with E-state index in [-0.39, 0.29) is 0 Å². The van der Waals surface area contributed by atoms with Crippen LogP contribution in [0.15, 0.2) is 24.5 Å². The molecule has 0 saturated heterocycles. The van der Waals surface area contributed by atoms with Crippen molar-refractivity contribution in [1.29, 1.82) is 0 Å². The van der Waals surface area contributed by atoms with Gasteiger partial charge in [0, 0.05) is 11.6 Å². The molecule has 0 N–H and O–H groups in total. The van der Waals surface area contributed by atoms with Gasteiger partial charge >= 0.3 is 0 Å². The fourth-order valence-electron chi connectivity index (χ4n) is 1.22. The molecule has 13 heavy (non-hydrogen) atoms. The van der Waals surface area contributed by atoms with Crippen LogP contribution in [-0.2, 0) is 0 Å². The molecule has 0 aliphatic carbocycles. The maximum atomic E-state index is 4.23. The maximum absolute atomic E-state index is 4.23. The minimum Gasteiger partial charge on any atom is -0.235 e. The van der Waals surface area contributed by atoms with Gasteiger partial charge in [-0.05, 0) is 23.6 Å². The van der Waals surface area contributed by atoms with E-state index in [0.29, 0.717) is 11.6 Å². The predicted molar refractivity (Wildman–Crippen MR) is 51.4 cm³/mol. The SMILES string of the molecule is CC(C)c1cnc2nnccc2c1. The minimum atomic E-state index is 0.505. The molecule has 0 aromatic carbocycles. The number of hydrogen-bond acceptors (Lipinski definition) is 3. The third-order valence-corrected chi connectivity index (χ3v) is 2.06. The Morgan fingerprint density at radius 1 is 1.31 bits per heavy atom. The van der Waals surface area contributed by atoms with Gasteiger partial charge in [0.1, 0.15) is 0 Å². The van der Waals surface area contributed by atoms with E-state index in [1.807, 2.05) is 12.3 Å². The van der Waals surface area contributed by atoms with Crippen molar-refractivity contribution in [2.45, 2.75) is 19.8 Å². The summed E-state index contributed by atoms with van der Waals surface area (Å²) in [6.45, 7) is 4.30. The molecule has 0 radical (unpaired) electrons. The molecule has 0 fully saturated rings. The zero-order chi connectivity index (χ0) is 9.26. The average molecular weight is 173 g/mol. The summed E-state index contributed by atoms with van der Waals surface area (Å²) >= 11 is 0. The van der Waals surface area contributed by atoms with Crippen molar-refractivity contribution in [3.63, 3.8) is 0 Å². The van der Waals surface area contributed by atoms with Gasteiger partial charge in [0.25, 0.3) is 0 Å². The van der Waals surface area contributed by atoms with Crippen LogP contribution in [0.25, 0.3) is 11.0 Å². The Balaban J connectivity index is 2.62. The van der Waals surface area contributed by atoms with Gasteiger partial charge in [0.15, 0.2) is 5.65 Å². The van der Waals surface area contributed by atoms with E-state index in [0.717, 1.165) is 5.39 Å². The van der Waals surface area contributed by atoms with Gasteiger partial charge < -0.3 is 0 Å². The number of rotatable bonds is 1. The molecule has 0 aliphatic heterocycles. The summed E-state index contributed by atoms with van der Waals surface area (Å²) < 4.78 is 0. The molecule has 2 aromatic heterocycles. The number of aromatic nitrogens is 3. The standard InChI is InChI=1S/C10H11N3/c1-7(2)9-5-8-3-4-12-13-10(8)11-6-9/h3-7H,1-2H3. The molecule has 0 aliphatic rings. The zero-order valence-corrected chi connectivity index (χ0v) is 7.73. The first-order chi connectivity index (χ1) is 6.27. The second-order valence-electron chi connectivity index (χ2n) is 3.37. The van der Waals surface area contributed by atoms with Crippen molar-refractivity contribution in [3.05, 3.63) is 30.1 Å². The highest BCUT2D eigenvalue weighted by Gasteiger charge is 2.01. The first-order valence-corrected chi connectivity index (χ1v) is 4.35. The quantitative estimate of drug-likeness (QED) is 0.663. The topological polar surface area (TPSA) is 38.7 Å². The van der Waals surface area contributed by atoms with Crippen LogP contribution in [0.3, 0.4) is 0 Å². The highest BCUT2D eigenvalue weighted by molar-refractivity contribution is 5.74. The molecule has 0 amide bonds. The molecule has 0 spiro atoms. The molecular formula is C10H11N3. The first-order valence-electron chi connectivity index (χ1n) is 4.35. The average Bonchev–Trinajstić information content (AvgIpc) is 2.17. The van der Waals surface area contributed by atoms with E-state index < -0.39 is 0 Å². The van der Waals surface area contributed by atoms with Gasteiger partial charge in [-0.15, -0.1) is 5.10 Å². The Morgan fingerprint density at radius 2 is 2.15 bits per heavy atom. The Hall–Kier alpha value is -1.51. The molecule has 0 atom stereocenters. The van der Waals surface area contributed by atoms with E-state index in [9.17, 15) is 0 Å². The molecule has 2 rings (SSSR count). The third kappa shape index (κ3) is 1.49. The summed E-state index contributed by atoms with van der Waals surface area (Å²) in [6.07, 6.45) is 3.55. The predicted octanol–water partition coefficient (Wildman–Crippen LogP) is 2.15. The number of hydrogen-bond donors (Lipinski definition) is 0. The first kappa shape index (κ1) is 8.10. The lowest BCUT2D eigenvalue weighted by atomic mass is 10.1. The van der Waals surface area contributed by atoms with E-state index in [1.54, 1.807) is 6.20 Å². The summed E-state index contributed by atoms with van der Waals surface area (Å²) in [6, 6.07) is 4.04. The second-order valence-corrected chi connectivity index (χ2v) is 3.37. The van der Waals surface area contributed by atoms with Crippen LogP contribution in [0, 0.1) is 0 Å². The molecule has 0 unspecified atom stereocenters. The lowest BCUT2D eigenvalue weighted by Gasteiger charge is -2.04. The summed E-state index contributed by atoms with van der Waals surface area (Å²) in [4.78, 5) is 4.23. The summed E-state index contributed by atoms with van der Waals surface area (Å²) in [7, 11) is 0. The minimum absolute atomic E-state index is 0.505. The van der Waals surface area contributed by atoms with E-state index >= 15 is 0 Å². The maximum Gasteiger partial charge on any atom is 0.181 e. The van der Waals surface area contributed by atoms with Crippen molar-refractivity contribution in [1.82, 2.24) is 15.2 Å². The Morgan fingerprint density at radius 3 is 2.92 bits per heavy atom. The zero-order valence-electron chi connectivity index (χ0n) is 7.73. The molecule has 3 heteroatoms. The normalized spacial score (nSPS) is 11.0. The van der Waals surface area contributed by atoms with Gasteiger partial charge in [0.2, 0.25) is 0 Å². The van der Waals surface area contributed by atoms with Gasteiger partial charge in [-0.1, -0.05) is 13.8 Å². The van der Waals surface area contributed by atoms with Crippen molar-refractivity contribution in [3.8, 4) is 0 Å². The Labute approximate surface area is 76.8 Å². The van der Waals surface area contributed by atoms with Crippen LogP contribution in [0.4, 0.5) is 0 Å². The molecule has 0 bridgehead atoms. The van der Waals surface area contributed by atoms with Crippen LogP contribution < -0.4 is 0 Å². The van der Waals surface area contributed by atoms with Crippen LogP contribution in [0.5, 0.6) is 0 Å². The molecule has 3 nitrogen and oxygen atoms in total. The Bertz CT molecular complexity index is 423. The summed E-state index contributed by atoms with van der Waals surface area (Å²) in [5, 5.41) is 8.75. The van der Waals surface area contributed by atoms with Crippen molar-refractivity contribution in [2.24, 2.45) is 0 Å². The number of fused-ring (bicyclic) bond motifs is 1. The summed E-state index contributed by atoms with van der Waals surface area (Å²) in [5.74, 6) is 0.505. The smallest absolute Gasteiger partial charge is 0.181 e.